The SMILES string of the molecule is Cc1ccccc1N=C1NC(=O)C[C@H](c2ccccc2)S1. The van der Waals surface area contributed by atoms with Crippen LogP contribution in [0.15, 0.2) is 59.6 Å². The number of benzene rings is 2. The molecule has 106 valence electrons. The number of nitrogens with one attached hydrogen (secondary N) is 1. The van der Waals surface area contributed by atoms with Crippen LogP contribution in [0.2, 0.25) is 0 Å². The summed E-state index contributed by atoms with van der Waals surface area (Å²) >= 11 is 1.61. The van der Waals surface area contributed by atoms with E-state index >= 15 is 0 Å². The zero-order valence-corrected chi connectivity index (χ0v) is 12.6. The summed E-state index contributed by atoms with van der Waals surface area (Å²) < 4.78 is 0. The van der Waals surface area contributed by atoms with Gasteiger partial charge in [-0.15, -0.1) is 0 Å². The van der Waals surface area contributed by atoms with Crippen molar-refractivity contribution in [1.82, 2.24) is 5.32 Å². The Kier molecular flexibility index (Phi) is 4.06. The van der Waals surface area contributed by atoms with Crippen LogP contribution >= 0.6 is 11.8 Å². The highest BCUT2D eigenvalue weighted by molar-refractivity contribution is 8.14. The van der Waals surface area contributed by atoms with Gasteiger partial charge in [0.15, 0.2) is 5.17 Å². The Morgan fingerprint density at radius 3 is 2.57 bits per heavy atom. The quantitative estimate of drug-likeness (QED) is 0.911. The molecule has 0 aromatic heterocycles. The second-order valence-electron chi connectivity index (χ2n) is 4.97. The van der Waals surface area contributed by atoms with Crippen molar-refractivity contribution < 1.29 is 4.79 Å². The third-order valence-corrected chi connectivity index (χ3v) is 4.52. The van der Waals surface area contributed by atoms with Crippen molar-refractivity contribution in [2.75, 3.05) is 0 Å². The number of para-hydroxylation sites is 1. The summed E-state index contributed by atoms with van der Waals surface area (Å²) in [4.78, 5) is 16.5. The summed E-state index contributed by atoms with van der Waals surface area (Å²) in [5, 5.41) is 3.67. The van der Waals surface area contributed by atoms with Gasteiger partial charge in [-0.25, -0.2) is 4.99 Å². The number of hydrogen-bond acceptors (Lipinski definition) is 3. The van der Waals surface area contributed by atoms with E-state index in [9.17, 15) is 4.79 Å². The van der Waals surface area contributed by atoms with Gasteiger partial charge < -0.3 is 5.32 Å². The highest BCUT2D eigenvalue weighted by Crippen LogP contribution is 2.36. The molecule has 1 saturated heterocycles. The van der Waals surface area contributed by atoms with Crippen molar-refractivity contribution in [2.45, 2.75) is 18.6 Å². The van der Waals surface area contributed by atoms with Crippen molar-refractivity contribution in [1.29, 1.82) is 0 Å². The summed E-state index contributed by atoms with van der Waals surface area (Å²) in [5.41, 5.74) is 3.16. The van der Waals surface area contributed by atoms with E-state index in [2.05, 4.69) is 22.4 Å². The first-order chi connectivity index (χ1) is 10.2. The number of aliphatic imine (C=N–C) groups is 1. The molecule has 0 saturated carbocycles. The van der Waals surface area contributed by atoms with E-state index in [-0.39, 0.29) is 11.2 Å². The molecule has 1 atom stereocenters. The average Bonchev–Trinajstić information content (AvgIpc) is 2.50. The largest absolute Gasteiger partial charge is 0.305 e. The van der Waals surface area contributed by atoms with Crippen LogP contribution < -0.4 is 5.32 Å². The number of rotatable bonds is 2. The first kappa shape index (κ1) is 13.9. The van der Waals surface area contributed by atoms with Gasteiger partial charge in [-0.05, 0) is 24.1 Å². The van der Waals surface area contributed by atoms with Gasteiger partial charge in [0.25, 0.3) is 0 Å². The van der Waals surface area contributed by atoms with Gasteiger partial charge >= 0.3 is 0 Å². The molecule has 0 bridgehead atoms. The maximum Gasteiger partial charge on any atom is 0.227 e. The zero-order valence-electron chi connectivity index (χ0n) is 11.7. The minimum atomic E-state index is 0.0231. The fourth-order valence-electron chi connectivity index (χ4n) is 2.25. The molecule has 3 nitrogen and oxygen atoms in total. The highest BCUT2D eigenvalue weighted by Gasteiger charge is 2.25. The van der Waals surface area contributed by atoms with E-state index < -0.39 is 0 Å². The smallest absolute Gasteiger partial charge is 0.227 e. The van der Waals surface area contributed by atoms with Crippen LogP contribution in [-0.2, 0) is 4.79 Å². The molecule has 1 heterocycles. The van der Waals surface area contributed by atoms with Gasteiger partial charge in [-0.3, -0.25) is 4.79 Å². The van der Waals surface area contributed by atoms with E-state index in [1.165, 1.54) is 0 Å². The van der Waals surface area contributed by atoms with Crippen molar-refractivity contribution in [3.8, 4) is 0 Å². The lowest BCUT2D eigenvalue weighted by atomic mass is 10.1. The number of amidine groups is 1. The van der Waals surface area contributed by atoms with E-state index in [4.69, 9.17) is 0 Å². The Morgan fingerprint density at radius 1 is 1.10 bits per heavy atom. The molecule has 1 aliphatic rings. The lowest BCUT2D eigenvalue weighted by molar-refractivity contribution is -0.119. The van der Waals surface area contributed by atoms with Crippen LogP contribution in [0.3, 0.4) is 0 Å². The molecule has 1 amide bonds. The molecule has 21 heavy (non-hydrogen) atoms. The number of aryl methyl sites for hydroxylation is 1. The molecule has 0 aliphatic carbocycles. The molecule has 3 rings (SSSR count). The topological polar surface area (TPSA) is 41.5 Å². The van der Waals surface area contributed by atoms with Crippen LogP contribution in [-0.4, -0.2) is 11.1 Å². The van der Waals surface area contributed by atoms with E-state index in [0.717, 1.165) is 16.8 Å². The van der Waals surface area contributed by atoms with Crippen LogP contribution in [0.5, 0.6) is 0 Å². The van der Waals surface area contributed by atoms with Crippen molar-refractivity contribution in [2.24, 2.45) is 4.99 Å². The fraction of sp³-hybridized carbons (Fsp3) is 0.176. The normalized spacial score (nSPS) is 20.3. The van der Waals surface area contributed by atoms with Gasteiger partial charge in [-0.2, -0.15) is 0 Å². The average molecular weight is 296 g/mol. The number of amides is 1. The minimum absolute atomic E-state index is 0.0231. The number of nitrogens with zero attached hydrogens (tertiary/aromatic N) is 1. The molecule has 2 aromatic carbocycles. The van der Waals surface area contributed by atoms with Crippen LogP contribution in [0.1, 0.15) is 22.8 Å². The molecular formula is C17H16N2OS. The predicted octanol–water partition coefficient (Wildman–Crippen LogP) is 3.98. The Labute approximate surface area is 128 Å². The third-order valence-electron chi connectivity index (χ3n) is 3.38. The van der Waals surface area contributed by atoms with Crippen LogP contribution in [0.4, 0.5) is 5.69 Å². The zero-order chi connectivity index (χ0) is 14.7. The molecule has 1 N–H and O–H groups in total. The Bertz CT molecular complexity index is 682. The van der Waals surface area contributed by atoms with E-state index in [1.54, 1.807) is 11.8 Å². The highest BCUT2D eigenvalue weighted by atomic mass is 32.2. The van der Waals surface area contributed by atoms with Gasteiger partial charge in [-0.1, -0.05) is 60.3 Å². The van der Waals surface area contributed by atoms with Gasteiger partial charge in [0.05, 0.1) is 5.69 Å². The standard InChI is InChI=1S/C17H16N2OS/c1-12-7-5-6-10-14(12)18-17-19-16(20)11-15(21-17)13-8-3-2-4-9-13/h2-10,15H,11H2,1H3,(H,18,19,20)/t15-/m1/s1. The fourth-order valence-corrected chi connectivity index (χ4v) is 3.37. The molecule has 0 spiro atoms. The van der Waals surface area contributed by atoms with E-state index in [0.29, 0.717) is 11.6 Å². The van der Waals surface area contributed by atoms with Gasteiger partial charge in [0.1, 0.15) is 0 Å². The predicted molar refractivity (Wildman–Crippen MR) is 87.8 cm³/mol. The molecule has 1 aliphatic heterocycles. The minimum Gasteiger partial charge on any atom is -0.305 e. The summed E-state index contributed by atoms with van der Waals surface area (Å²) in [6, 6.07) is 18.0. The molecule has 0 radical (unpaired) electrons. The first-order valence-corrected chi connectivity index (χ1v) is 7.76. The number of thioether (sulfide) groups is 1. The molecule has 2 aromatic rings. The number of hydrogen-bond donors (Lipinski definition) is 1. The second-order valence-corrected chi connectivity index (χ2v) is 6.16. The van der Waals surface area contributed by atoms with Crippen molar-refractivity contribution in [3.05, 3.63) is 65.7 Å². The van der Waals surface area contributed by atoms with Gasteiger partial charge in [0.2, 0.25) is 5.91 Å². The third kappa shape index (κ3) is 3.34. The summed E-state index contributed by atoms with van der Waals surface area (Å²) in [7, 11) is 0. The molecular weight excluding hydrogens is 280 g/mol. The van der Waals surface area contributed by atoms with Crippen molar-refractivity contribution in [3.63, 3.8) is 0 Å². The molecule has 0 unspecified atom stereocenters. The van der Waals surface area contributed by atoms with Crippen molar-refractivity contribution >= 4 is 28.5 Å². The lowest BCUT2D eigenvalue weighted by Crippen LogP contribution is -2.34. The maximum atomic E-state index is 11.9. The number of carbonyl (C=O) groups is 1. The van der Waals surface area contributed by atoms with Crippen LogP contribution in [0, 0.1) is 6.92 Å². The second kappa shape index (κ2) is 6.14. The Morgan fingerprint density at radius 2 is 1.81 bits per heavy atom. The molecule has 4 heteroatoms. The molecule has 1 fully saturated rings. The summed E-state index contributed by atoms with van der Waals surface area (Å²) in [6.45, 7) is 2.02. The monoisotopic (exact) mass is 296 g/mol. The van der Waals surface area contributed by atoms with E-state index in [1.807, 2.05) is 49.4 Å². The number of carbonyl (C=O) groups excluding carboxylic acids is 1. The Hall–Kier alpha value is -2.07. The maximum absolute atomic E-state index is 11.9. The Balaban J connectivity index is 1.87. The van der Waals surface area contributed by atoms with Crippen LogP contribution in [0.25, 0.3) is 0 Å². The first-order valence-electron chi connectivity index (χ1n) is 6.88. The lowest BCUT2D eigenvalue weighted by Gasteiger charge is -2.23. The van der Waals surface area contributed by atoms with Gasteiger partial charge in [0, 0.05) is 11.7 Å². The summed E-state index contributed by atoms with van der Waals surface area (Å²) in [6.07, 6.45) is 0.488. The summed E-state index contributed by atoms with van der Waals surface area (Å²) in [5.74, 6) is 0.0231.